The van der Waals surface area contributed by atoms with E-state index in [0.717, 1.165) is 26.2 Å². The molecule has 2 rings (SSSR count). The Labute approximate surface area is 85.9 Å². The lowest BCUT2D eigenvalue weighted by atomic mass is 10.2. The number of hydrogen-bond acceptors (Lipinski definition) is 4. The molecule has 0 aliphatic carbocycles. The molecule has 0 aromatic rings. The minimum Gasteiger partial charge on any atom is -0.390 e. The summed E-state index contributed by atoms with van der Waals surface area (Å²) in [5.74, 6) is 0. The molecule has 3 unspecified atom stereocenters. The van der Waals surface area contributed by atoms with E-state index in [0.29, 0.717) is 12.1 Å². The number of nitrogens with one attached hydrogen (secondary N) is 1. The van der Waals surface area contributed by atoms with Gasteiger partial charge >= 0.3 is 0 Å². The molecule has 0 amide bonds. The normalized spacial score (nSPS) is 39.9. The van der Waals surface area contributed by atoms with E-state index in [4.69, 9.17) is 0 Å². The van der Waals surface area contributed by atoms with Gasteiger partial charge in [-0.05, 0) is 20.5 Å². The fraction of sp³-hybridized carbons (Fsp3) is 1.00. The number of β-amino-alcohol motifs (C(OH)–C–C–N with tert-alkyl or cyclic N) is 1. The molecule has 3 atom stereocenters. The molecule has 0 saturated carbocycles. The van der Waals surface area contributed by atoms with Gasteiger partial charge in [-0.1, -0.05) is 0 Å². The van der Waals surface area contributed by atoms with Crippen LogP contribution in [0.2, 0.25) is 0 Å². The number of likely N-dealkylation sites (N-methyl/N-ethyl adjacent to an activating group) is 1. The van der Waals surface area contributed by atoms with Crippen LogP contribution in [0.1, 0.15) is 6.42 Å². The first-order chi connectivity index (χ1) is 6.68. The van der Waals surface area contributed by atoms with Crippen LogP contribution in [0.5, 0.6) is 0 Å². The third kappa shape index (κ3) is 1.93. The van der Waals surface area contributed by atoms with Gasteiger partial charge in [0.15, 0.2) is 0 Å². The van der Waals surface area contributed by atoms with Gasteiger partial charge in [-0.2, -0.15) is 0 Å². The van der Waals surface area contributed by atoms with E-state index in [1.807, 2.05) is 0 Å². The zero-order valence-corrected chi connectivity index (χ0v) is 9.11. The zero-order valence-electron chi connectivity index (χ0n) is 9.11. The Bertz CT molecular complexity index is 198. The van der Waals surface area contributed by atoms with Crippen LogP contribution in [0.15, 0.2) is 0 Å². The highest BCUT2D eigenvalue weighted by atomic mass is 16.3. The van der Waals surface area contributed by atoms with E-state index in [1.54, 1.807) is 0 Å². The molecule has 0 spiro atoms. The van der Waals surface area contributed by atoms with Crippen LogP contribution in [-0.4, -0.2) is 73.4 Å². The number of rotatable bonds is 2. The van der Waals surface area contributed by atoms with Crippen molar-refractivity contribution in [2.75, 3.05) is 40.3 Å². The van der Waals surface area contributed by atoms with Crippen molar-refractivity contribution in [3.05, 3.63) is 0 Å². The summed E-state index contributed by atoms with van der Waals surface area (Å²) < 4.78 is 0. The third-order valence-electron chi connectivity index (χ3n) is 3.55. The van der Waals surface area contributed by atoms with Gasteiger partial charge in [0.25, 0.3) is 0 Å². The van der Waals surface area contributed by atoms with Crippen LogP contribution in [0.25, 0.3) is 0 Å². The van der Waals surface area contributed by atoms with Gasteiger partial charge in [-0.15, -0.1) is 0 Å². The Balaban J connectivity index is 1.88. The maximum Gasteiger partial charge on any atom is 0.0831 e. The zero-order chi connectivity index (χ0) is 10.1. The molecule has 2 fully saturated rings. The SMILES string of the molecule is CN(C)C1CCN(C2CNCC2O)C1. The van der Waals surface area contributed by atoms with Gasteiger partial charge in [-0.3, -0.25) is 4.90 Å². The van der Waals surface area contributed by atoms with Crippen molar-refractivity contribution in [2.24, 2.45) is 0 Å². The Hall–Kier alpha value is -0.160. The second-order valence-corrected chi connectivity index (χ2v) is 4.69. The van der Waals surface area contributed by atoms with E-state index in [9.17, 15) is 5.11 Å². The summed E-state index contributed by atoms with van der Waals surface area (Å²) in [5.41, 5.74) is 0. The lowest BCUT2D eigenvalue weighted by Gasteiger charge is -2.26. The first-order valence-corrected chi connectivity index (χ1v) is 5.47. The summed E-state index contributed by atoms with van der Waals surface area (Å²) >= 11 is 0. The molecule has 0 bridgehead atoms. The number of nitrogens with zero attached hydrogens (tertiary/aromatic N) is 2. The minimum atomic E-state index is -0.170. The lowest BCUT2D eigenvalue weighted by Crippen LogP contribution is -2.43. The topological polar surface area (TPSA) is 38.7 Å². The summed E-state index contributed by atoms with van der Waals surface area (Å²) in [6, 6.07) is 1.02. The standard InChI is InChI=1S/C10H21N3O/c1-12(2)8-3-4-13(7-8)9-5-11-6-10(9)14/h8-11,14H,3-7H2,1-2H3. The Morgan fingerprint density at radius 2 is 2.14 bits per heavy atom. The molecule has 14 heavy (non-hydrogen) atoms. The molecule has 2 aliphatic heterocycles. The predicted molar refractivity (Wildman–Crippen MR) is 56.3 cm³/mol. The fourth-order valence-corrected chi connectivity index (χ4v) is 2.51. The summed E-state index contributed by atoms with van der Waals surface area (Å²) in [5, 5.41) is 13.0. The van der Waals surface area contributed by atoms with Gasteiger partial charge in [0, 0.05) is 38.3 Å². The van der Waals surface area contributed by atoms with E-state index in [2.05, 4.69) is 29.2 Å². The molecule has 2 heterocycles. The van der Waals surface area contributed by atoms with Crippen molar-refractivity contribution in [3.63, 3.8) is 0 Å². The fourth-order valence-electron chi connectivity index (χ4n) is 2.51. The molecular weight excluding hydrogens is 178 g/mol. The van der Waals surface area contributed by atoms with Crippen LogP contribution in [0.4, 0.5) is 0 Å². The Kier molecular flexibility index (Phi) is 3.07. The second kappa shape index (κ2) is 4.14. The van der Waals surface area contributed by atoms with E-state index >= 15 is 0 Å². The average Bonchev–Trinajstić information content (AvgIpc) is 2.71. The van der Waals surface area contributed by atoms with Crippen LogP contribution in [0, 0.1) is 0 Å². The summed E-state index contributed by atoms with van der Waals surface area (Å²) in [6.07, 6.45) is 1.06. The number of hydrogen-bond donors (Lipinski definition) is 2. The largest absolute Gasteiger partial charge is 0.390 e. The molecule has 2 saturated heterocycles. The van der Waals surface area contributed by atoms with Crippen molar-refractivity contribution < 1.29 is 5.11 Å². The lowest BCUT2D eigenvalue weighted by molar-refractivity contribution is 0.0941. The molecule has 0 aromatic heterocycles. The molecule has 0 aromatic carbocycles. The van der Waals surface area contributed by atoms with Crippen molar-refractivity contribution in [1.82, 2.24) is 15.1 Å². The van der Waals surface area contributed by atoms with Crippen LogP contribution in [-0.2, 0) is 0 Å². The van der Waals surface area contributed by atoms with Gasteiger partial charge < -0.3 is 15.3 Å². The van der Waals surface area contributed by atoms with E-state index in [1.165, 1.54) is 6.42 Å². The van der Waals surface area contributed by atoms with Gasteiger partial charge in [-0.25, -0.2) is 0 Å². The van der Waals surface area contributed by atoms with E-state index in [-0.39, 0.29) is 6.10 Å². The predicted octanol–water partition coefficient (Wildman–Crippen LogP) is -1.04. The summed E-state index contributed by atoms with van der Waals surface area (Å²) in [6.45, 7) is 3.94. The van der Waals surface area contributed by atoms with Crippen molar-refractivity contribution >= 4 is 0 Å². The Morgan fingerprint density at radius 3 is 2.64 bits per heavy atom. The average molecular weight is 199 g/mol. The van der Waals surface area contributed by atoms with Crippen molar-refractivity contribution in [3.8, 4) is 0 Å². The van der Waals surface area contributed by atoms with Gasteiger partial charge in [0.05, 0.1) is 6.10 Å². The van der Waals surface area contributed by atoms with Crippen LogP contribution >= 0.6 is 0 Å². The molecular formula is C10H21N3O. The number of likely N-dealkylation sites (tertiary alicyclic amines) is 1. The minimum absolute atomic E-state index is 0.170. The first kappa shape index (κ1) is 10.4. The first-order valence-electron chi connectivity index (χ1n) is 5.47. The smallest absolute Gasteiger partial charge is 0.0831 e. The molecule has 2 N–H and O–H groups in total. The molecule has 2 aliphatic rings. The molecule has 4 heteroatoms. The highest BCUT2D eigenvalue weighted by molar-refractivity contribution is 4.93. The van der Waals surface area contributed by atoms with Crippen molar-refractivity contribution in [2.45, 2.75) is 24.6 Å². The maximum absolute atomic E-state index is 9.76. The van der Waals surface area contributed by atoms with Crippen LogP contribution in [0.3, 0.4) is 0 Å². The van der Waals surface area contributed by atoms with Gasteiger partial charge in [0.2, 0.25) is 0 Å². The molecule has 4 nitrogen and oxygen atoms in total. The second-order valence-electron chi connectivity index (χ2n) is 4.69. The molecule has 0 radical (unpaired) electrons. The third-order valence-corrected chi connectivity index (χ3v) is 3.55. The van der Waals surface area contributed by atoms with Gasteiger partial charge in [0.1, 0.15) is 0 Å². The highest BCUT2D eigenvalue weighted by Gasteiger charge is 2.35. The quantitative estimate of drug-likeness (QED) is 0.595. The van der Waals surface area contributed by atoms with E-state index < -0.39 is 0 Å². The highest BCUT2D eigenvalue weighted by Crippen LogP contribution is 2.19. The number of aliphatic hydroxyl groups excluding tert-OH is 1. The van der Waals surface area contributed by atoms with Crippen molar-refractivity contribution in [1.29, 1.82) is 0 Å². The Morgan fingerprint density at radius 1 is 1.36 bits per heavy atom. The maximum atomic E-state index is 9.76. The number of aliphatic hydroxyl groups is 1. The summed E-state index contributed by atoms with van der Waals surface area (Å²) in [4.78, 5) is 4.71. The monoisotopic (exact) mass is 199 g/mol. The molecule has 82 valence electrons. The summed E-state index contributed by atoms with van der Waals surface area (Å²) in [7, 11) is 4.27. The van der Waals surface area contributed by atoms with Crippen LogP contribution < -0.4 is 5.32 Å².